The number of benzene rings is 1. The Morgan fingerprint density at radius 2 is 1.85 bits per heavy atom. The summed E-state index contributed by atoms with van der Waals surface area (Å²) in [4.78, 5) is 14.7. The predicted octanol–water partition coefficient (Wildman–Crippen LogP) is 2.93. The molecule has 0 bridgehead atoms. The maximum absolute atomic E-state index is 11.9. The number of nitriles is 1. The zero-order valence-electron chi connectivity index (χ0n) is 11.8. The first kappa shape index (κ1) is 13.9. The van der Waals surface area contributed by atoms with E-state index in [-0.39, 0.29) is 11.1 Å². The van der Waals surface area contributed by atoms with Gasteiger partial charge in [0.15, 0.2) is 0 Å². The summed E-state index contributed by atoms with van der Waals surface area (Å²) in [6.45, 7) is 6.24. The lowest BCUT2D eigenvalue weighted by molar-refractivity contribution is 0.340. The maximum Gasteiger partial charge on any atom is 0.266 e. The molecule has 0 saturated heterocycles. The lowest BCUT2D eigenvalue weighted by atomic mass is 10.00. The van der Waals surface area contributed by atoms with Crippen LogP contribution in [0, 0.1) is 25.2 Å². The van der Waals surface area contributed by atoms with Gasteiger partial charge in [-0.05, 0) is 61.7 Å². The van der Waals surface area contributed by atoms with Crippen molar-refractivity contribution in [1.82, 2.24) is 4.98 Å². The molecule has 0 aliphatic carbocycles. The van der Waals surface area contributed by atoms with Crippen LogP contribution in [-0.4, -0.2) is 11.6 Å². The van der Waals surface area contributed by atoms with Crippen LogP contribution in [-0.2, 0) is 0 Å². The van der Waals surface area contributed by atoms with E-state index >= 15 is 0 Å². The number of ether oxygens (including phenoxy) is 1. The van der Waals surface area contributed by atoms with E-state index in [0.29, 0.717) is 6.61 Å². The lowest BCUT2D eigenvalue weighted by Crippen LogP contribution is -2.15. The van der Waals surface area contributed by atoms with Crippen molar-refractivity contribution in [3.63, 3.8) is 0 Å². The number of nitrogens with one attached hydrogen (secondary N) is 1. The predicted molar refractivity (Wildman–Crippen MR) is 77.9 cm³/mol. The summed E-state index contributed by atoms with van der Waals surface area (Å²) in [5.74, 6) is 0.793. The van der Waals surface area contributed by atoms with E-state index < -0.39 is 0 Å². The molecule has 4 nitrogen and oxygen atoms in total. The molecule has 1 aromatic carbocycles. The lowest BCUT2D eigenvalue weighted by Gasteiger charge is -2.10. The van der Waals surface area contributed by atoms with E-state index in [4.69, 9.17) is 10.00 Å². The minimum absolute atomic E-state index is 0.178. The topological polar surface area (TPSA) is 65.9 Å². The second-order valence-corrected chi connectivity index (χ2v) is 4.52. The van der Waals surface area contributed by atoms with Gasteiger partial charge in [-0.2, -0.15) is 5.26 Å². The number of aromatic nitrogens is 1. The van der Waals surface area contributed by atoms with Crippen LogP contribution in [0.25, 0.3) is 11.3 Å². The molecule has 20 heavy (non-hydrogen) atoms. The normalized spacial score (nSPS) is 10.1. The van der Waals surface area contributed by atoms with Crippen molar-refractivity contribution in [2.45, 2.75) is 20.8 Å². The van der Waals surface area contributed by atoms with Gasteiger partial charge in [0.1, 0.15) is 17.4 Å². The standard InChI is InChI=1S/C16H16N2O2/c1-4-20-13-7-5-12(6-8-13)15-11(3)10(2)14(9-17)16(19)18-15/h5-8H,4H2,1-3H3,(H,18,19). The van der Waals surface area contributed by atoms with Gasteiger partial charge in [0.2, 0.25) is 0 Å². The second-order valence-electron chi connectivity index (χ2n) is 4.52. The minimum Gasteiger partial charge on any atom is -0.494 e. The van der Waals surface area contributed by atoms with Crippen LogP contribution in [0.15, 0.2) is 29.1 Å². The molecule has 1 heterocycles. The smallest absolute Gasteiger partial charge is 0.266 e. The van der Waals surface area contributed by atoms with Gasteiger partial charge in [0, 0.05) is 0 Å². The number of hydrogen-bond acceptors (Lipinski definition) is 3. The maximum atomic E-state index is 11.9. The summed E-state index contributed by atoms with van der Waals surface area (Å²) in [6, 6.07) is 9.47. The van der Waals surface area contributed by atoms with Gasteiger partial charge >= 0.3 is 0 Å². The molecule has 2 aromatic rings. The van der Waals surface area contributed by atoms with Gasteiger partial charge in [-0.1, -0.05) is 0 Å². The first-order valence-electron chi connectivity index (χ1n) is 6.45. The van der Waals surface area contributed by atoms with Gasteiger partial charge in [0.05, 0.1) is 12.3 Å². The van der Waals surface area contributed by atoms with Gasteiger partial charge in [-0.15, -0.1) is 0 Å². The molecule has 0 amide bonds. The highest BCUT2D eigenvalue weighted by molar-refractivity contribution is 5.66. The Bertz CT molecular complexity index is 722. The molecule has 0 aliphatic rings. The van der Waals surface area contributed by atoms with Crippen molar-refractivity contribution in [3.05, 3.63) is 51.3 Å². The van der Waals surface area contributed by atoms with E-state index in [1.807, 2.05) is 44.2 Å². The van der Waals surface area contributed by atoms with Crippen molar-refractivity contribution in [3.8, 4) is 23.1 Å². The fourth-order valence-electron chi connectivity index (χ4n) is 2.12. The number of aromatic amines is 1. The van der Waals surface area contributed by atoms with E-state index in [1.54, 1.807) is 6.92 Å². The van der Waals surface area contributed by atoms with E-state index in [2.05, 4.69) is 4.98 Å². The van der Waals surface area contributed by atoms with Crippen LogP contribution in [0.2, 0.25) is 0 Å². The summed E-state index contributed by atoms with van der Waals surface area (Å²) >= 11 is 0. The summed E-state index contributed by atoms with van der Waals surface area (Å²) in [6.07, 6.45) is 0. The quantitative estimate of drug-likeness (QED) is 0.930. The zero-order chi connectivity index (χ0) is 14.7. The summed E-state index contributed by atoms with van der Waals surface area (Å²) in [5.41, 5.74) is 3.10. The molecule has 0 fully saturated rings. The highest BCUT2D eigenvalue weighted by atomic mass is 16.5. The largest absolute Gasteiger partial charge is 0.494 e. The molecule has 1 aromatic heterocycles. The Morgan fingerprint density at radius 1 is 1.20 bits per heavy atom. The molecule has 102 valence electrons. The zero-order valence-corrected chi connectivity index (χ0v) is 11.8. The first-order valence-corrected chi connectivity index (χ1v) is 6.45. The fourth-order valence-corrected chi connectivity index (χ4v) is 2.12. The molecular formula is C16H16N2O2. The molecule has 0 spiro atoms. The van der Waals surface area contributed by atoms with Gasteiger partial charge < -0.3 is 9.72 Å². The molecule has 2 rings (SSSR count). The number of hydrogen-bond donors (Lipinski definition) is 1. The van der Waals surface area contributed by atoms with Crippen molar-refractivity contribution in [2.24, 2.45) is 0 Å². The van der Waals surface area contributed by atoms with Crippen LogP contribution < -0.4 is 10.3 Å². The molecule has 1 N–H and O–H groups in total. The first-order chi connectivity index (χ1) is 9.58. The van der Waals surface area contributed by atoms with Crippen LogP contribution in [0.5, 0.6) is 5.75 Å². The number of pyridine rings is 1. The monoisotopic (exact) mass is 268 g/mol. The second kappa shape index (κ2) is 5.62. The van der Waals surface area contributed by atoms with E-state index in [1.165, 1.54) is 0 Å². The Morgan fingerprint density at radius 3 is 2.40 bits per heavy atom. The molecule has 0 aliphatic heterocycles. The van der Waals surface area contributed by atoms with Crippen LogP contribution in [0.3, 0.4) is 0 Å². The van der Waals surface area contributed by atoms with Crippen molar-refractivity contribution in [2.75, 3.05) is 6.61 Å². The summed E-state index contributed by atoms with van der Waals surface area (Å²) < 4.78 is 5.40. The summed E-state index contributed by atoms with van der Waals surface area (Å²) in [7, 11) is 0. The molecule has 0 saturated carbocycles. The highest BCUT2D eigenvalue weighted by Gasteiger charge is 2.12. The Balaban J connectivity index is 2.54. The third kappa shape index (κ3) is 2.43. The van der Waals surface area contributed by atoms with Crippen LogP contribution in [0.1, 0.15) is 23.6 Å². The summed E-state index contributed by atoms with van der Waals surface area (Å²) in [5, 5.41) is 8.99. The van der Waals surface area contributed by atoms with E-state index in [9.17, 15) is 4.79 Å². The van der Waals surface area contributed by atoms with E-state index in [0.717, 1.165) is 28.1 Å². The van der Waals surface area contributed by atoms with Crippen molar-refractivity contribution < 1.29 is 4.74 Å². The van der Waals surface area contributed by atoms with Crippen LogP contribution in [0.4, 0.5) is 0 Å². The molecule has 0 unspecified atom stereocenters. The average molecular weight is 268 g/mol. The fraction of sp³-hybridized carbons (Fsp3) is 0.250. The Labute approximate surface area is 117 Å². The number of rotatable bonds is 3. The number of nitrogens with zero attached hydrogens (tertiary/aromatic N) is 1. The highest BCUT2D eigenvalue weighted by Crippen LogP contribution is 2.25. The van der Waals surface area contributed by atoms with Crippen molar-refractivity contribution in [1.29, 1.82) is 5.26 Å². The Hall–Kier alpha value is -2.54. The number of H-pyrrole nitrogens is 1. The molecule has 0 radical (unpaired) electrons. The third-order valence-corrected chi connectivity index (χ3v) is 3.34. The minimum atomic E-state index is -0.348. The van der Waals surface area contributed by atoms with Crippen molar-refractivity contribution >= 4 is 0 Å². The third-order valence-electron chi connectivity index (χ3n) is 3.34. The van der Waals surface area contributed by atoms with Crippen LogP contribution >= 0.6 is 0 Å². The molecule has 4 heteroatoms. The molecule has 0 atom stereocenters. The van der Waals surface area contributed by atoms with Gasteiger partial charge in [0.25, 0.3) is 5.56 Å². The molecular weight excluding hydrogens is 252 g/mol. The SMILES string of the molecule is CCOc1ccc(-c2[nH]c(=O)c(C#N)c(C)c2C)cc1. The average Bonchev–Trinajstić information content (AvgIpc) is 2.45. The van der Waals surface area contributed by atoms with Gasteiger partial charge in [-0.3, -0.25) is 4.79 Å². The Kier molecular flexibility index (Phi) is 3.90. The van der Waals surface area contributed by atoms with Gasteiger partial charge in [-0.25, -0.2) is 0 Å².